The van der Waals surface area contributed by atoms with Crippen LogP contribution in [0.3, 0.4) is 0 Å². The van der Waals surface area contributed by atoms with Gasteiger partial charge in [-0.1, -0.05) is 13.8 Å². The number of anilines is 1. The molecule has 0 aliphatic heterocycles. The van der Waals surface area contributed by atoms with Gasteiger partial charge in [-0.3, -0.25) is 9.67 Å². The van der Waals surface area contributed by atoms with Crippen molar-refractivity contribution in [2.75, 3.05) is 38.6 Å². The summed E-state index contributed by atoms with van der Waals surface area (Å²) in [5.74, 6) is 2.07. The van der Waals surface area contributed by atoms with Crippen molar-refractivity contribution in [3.63, 3.8) is 0 Å². The van der Waals surface area contributed by atoms with E-state index in [2.05, 4.69) is 49.9 Å². The summed E-state index contributed by atoms with van der Waals surface area (Å²) in [5, 5.41) is 15.1. The van der Waals surface area contributed by atoms with Crippen molar-refractivity contribution < 1.29 is 4.74 Å². The molecular formula is C18H33IN8O. The Morgan fingerprint density at radius 1 is 1.21 bits per heavy atom. The lowest BCUT2D eigenvalue weighted by molar-refractivity contribution is 0.0258. The fraction of sp³-hybridized carbons (Fsp3) is 0.667. The molecule has 28 heavy (non-hydrogen) atoms. The molecule has 2 aromatic rings. The van der Waals surface area contributed by atoms with Crippen molar-refractivity contribution in [1.82, 2.24) is 30.4 Å². The van der Waals surface area contributed by atoms with Gasteiger partial charge >= 0.3 is 0 Å². The quantitative estimate of drug-likeness (QED) is 0.197. The molecule has 10 heteroatoms. The van der Waals surface area contributed by atoms with E-state index in [0.717, 1.165) is 42.4 Å². The first-order chi connectivity index (χ1) is 13.1. The van der Waals surface area contributed by atoms with Crippen molar-refractivity contribution in [2.45, 2.75) is 33.3 Å². The molecule has 0 saturated heterocycles. The number of nitrogens with zero attached hydrogens (tertiary/aromatic N) is 5. The number of aryl methyl sites for hydroxylation is 1. The summed E-state index contributed by atoms with van der Waals surface area (Å²) in [5.41, 5.74) is 0.812. The highest BCUT2D eigenvalue weighted by molar-refractivity contribution is 14.0. The summed E-state index contributed by atoms with van der Waals surface area (Å²) >= 11 is 0. The molecule has 2 heterocycles. The highest BCUT2D eigenvalue weighted by atomic mass is 127. The smallest absolute Gasteiger partial charge is 0.191 e. The Morgan fingerprint density at radius 2 is 1.96 bits per heavy atom. The van der Waals surface area contributed by atoms with Crippen molar-refractivity contribution >= 4 is 46.8 Å². The lowest BCUT2D eigenvalue weighted by Crippen LogP contribution is -2.41. The molecule has 0 saturated carbocycles. The Kier molecular flexibility index (Phi) is 11.0. The van der Waals surface area contributed by atoms with E-state index in [-0.39, 0.29) is 30.1 Å². The highest BCUT2D eigenvalue weighted by Crippen LogP contribution is 2.17. The largest absolute Gasteiger partial charge is 0.378 e. The molecule has 1 atom stereocenters. The van der Waals surface area contributed by atoms with Gasteiger partial charge in [-0.15, -0.1) is 24.0 Å². The zero-order valence-corrected chi connectivity index (χ0v) is 19.7. The molecule has 0 fully saturated rings. The zero-order chi connectivity index (χ0) is 19.6. The number of halogens is 1. The second-order valence-corrected chi connectivity index (χ2v) is 6.61. The fourth-order valence-electron chi connectivity index (χ4n) is 2.84. The van der Waals surface area contributed by atoms with Gasteiger partial charge in [0.2, 0.25) is 0 Å². The van der Waals surface area contributed by atoms with Gasteiger partial charge in [-0.25, -0.2) is 9.97 Å². The highest BCUT2D eigenvalue weighted by Gasteiger charge is 2.13. The van der Waals surface area contributed by atoms with E-state index in [1.54, 1.807) is 24.3 Å². The Bertz CT molecular complexity index is 733. The summed E-state index contributed by atoms with van der Waals surface area (Å²) in [6.45, 7) is 9.39. The maximum Gasteiger partial charge on any atom is 0.191 e. The van der Waals surface area contributed by atoms with Crippen LogP contribution in [-0.2, 0) is 11.8 Å². The van der Waals surface area contributed by atoms with Crippen molar-refractivity contribution in [3.05, 3.63) is 12.5 Å². The summed E-state index contributed by atoms with van der Waals surface area (Å²) in [6, 6.07) is 0. The predicted octanol–water partition coefficient (Wildman–Crippen LogP) is 2.01. The molecular weight excluding hydrogens is 471 g/mol. The topological polar surface area (TPSA) is 101 Å². The normalized spacial score (nSPS) is 12.7. The van der Waals surface area contributed by atoms with Crippen LogP contribution in [0, 0.1) is 5.92 Å². The van der Waals surface area contributed by atoms with Crippen LogP contribution >= 0.6 is 24.0 Å². The van der Waals surface area contributed by atoms with E-state index in [4.69, 9.17) is 4.74 Å². The third-order valence-corrected chi connectivity index (χ3v) is 4.31. The zero-order valence-electron chi connectivity index (χ0n) is 17.4. The van der Waals surface area contributed by atoms with Crippen LogP contribution in [-0.4, -0.2) is 65.1 Å². The average Bonchev–Trinajstić information content (AvgIpc) is 3.04. The van der Waals surface area contributed by atoms with Crippen LogP contribution in [0.1, 0.15) is 27.2 Å². The van der Waals surface area contributed by atoms with E-state index in [1.807, 2.05) is 14.0 Å². The van der Waals surface area contributed by atoms with Gasteiger partial charge in [0.1, 0.15) is 12.1 Å². The van der Waals surface area contributed by atoms with Crippen molar-refractivity contribution in [3.8, 4) is 0 Å². The minimum atomic E-state index is 0. The number of aromatic nitrogens is 4. The van der Waals surface area contributed by atoms with Gasteiger partial charge in [-0.05, 0) is 19.3 Å². The molecule has 0 aliphatic rings. The molecule has 0 radical (unpaired) electrons. The van der Waals surface area contributed by atoms with E-state index in [1.165, 1.54) is 0 Å². The molecule has 2 rings (SSSR count). The summed E-state index contributed by atoms with van der Waals surface area (Å²) in [4.78, 5) is 12.8. The number of rotatable bonds is 10. The SMILES string of the molecule is CCOC(CCNC(=NC)NCCNc1ncnc2c1cnn2C)C(C)C.I. The number of nitrogens with one attached hydrogen (secondary N) is 3. The molecule has 158 valence electrons. The number of aliphatic imine (C=N–C) groups is 1. The Morgan fingerprint density at radius 3 is 2.64 bits per heavy atom. The average molecular weight is 504 g/mol. The molecule has 2 aromatic heterocycles. The van der Waals surface area contributed by atoms with Crippen LogP contribution in [0.2, 0.25) is 0 Å². The summed E-state index contributed by atoms with van der Waals surface area (Å²) in [7, 11) is 3.64. The number of hydrogen-bond donors (Lipinski definition) is 3. The Balaban J connectivity index is 0.00000392. The lowest BCUT2D eigenvalue weighted by atomic mass is 10.0. The van der Waals surface area contributed by atoms with Crippen LogP contribution in [0.4, 0.5) is 5.82 Å². The molecule has 3 N–H and O–H groups in total. The number of guanidine groups is 1. The molecule has 9 nitrogen and oxygen atoms in total. The van der Waals surface area contributed by atoms with Gasteiger partial charge < -0.3 is 20.7 Å². The molecule has 0 spiro atoms. The second-order valence-electron chi connectivity index (χ2n) is 6.61. The lowest BCUT2D eigenvalue weighted by Gasteiger charge is -2.21. The fourth-order valence-corrected chi connectivity index (χ4v) is 2.84. The molecule has 0 aromatic carbocycles. The number of hydrogen-bond acceptors (Lipinski definition) is 6. The minimum absolute atomic E-state index is 0. The summed E-state index contributed by atoms with van der Waals surface area (Å²) < 4.78 is 7.51. The number of fused-ring (bicyclic) bond motifs is 1. The van der Waals surface area contributed by atoms with E-state index < -0.39 is 0 Å². The maximum atomic E-state index is 5.77. The molecule has 0 bridgehead atoms. The van der Waals surface area contributed by atoms with Gasteiger partial charge in [0, 0.05) is 40.3 Å². The molecule has 0 aliphatic carbocycles. The maximum absolute atomic E-state index is 5.77. The third kappa shape index (κ3) is 7.04. The monoisotopic (exact) mass is 504 g/mol. The minimum Gasteiger partial charge on any atom is -0.378 e. The van der Waals surface area contributed by atoms with Crippen LogP contribution in [0.5, 0.6) is 0 Å². The molecule has 1 unspecified atom stereocenters. The van der Waals surface area contributed by atoms with E-state index in [9.17, 15) is 0 Å². The summed E-state index contributed by atoms with van der Waals surface area (Å²) in [6.07, 6.45) is 4.53. The van der Waals surface area contributed by atoms with E-state index in [0.29, 0.717) is 19.0 Å². The van der Waals surface area contributed by atoms with Crippen LogP contribution in [0.15, 0.2) is 17.5 Å². The van der Waals surface area contributed by atoms with E-state index >= 15 is 0 Å². The van der Waals surface area contributed by atoms with Gasteiger partial charge in [0.15, 0.2) is 11.6 Å². The standard InChI is InChI=1S/C18H32N8O.HI/c1-6-27-15(13(2)3)7-8-21-18(19-4)22-10-9-20-16-14-11-25-26(5)17(14)24-12-23-16;/h11-13,15H,6-10H2,1-5H3,(H2,19,21,22)(H,20,23,24);1H. The van der Waals surface area contributed by atoms with Gasteiger partial charge in [0.05, 0.1) is 17.7 Å². The van der Waals surface area contributed by atoms with Crippen LogP contribution in [0.25, 0.3) is 11.0 Å². The first-order valence-electron chi connectivity index (χ1n) is 9.49. The predicted molar refractivity (Wildman–Crippen MR) is 124 cm³/mol. The second kappa shape index (κ2) is 12.7. The van der Waals surface area contributed by atoms with Crippen LogP contribution < -0.4 is 16.0 Å². The first kappa shape index (κ1) is 24.3. The Labute approximate surface area is 184 Å². The number of ether oxygens (including phenoxy) is 1. The molecule has 0 amide bonds. The van der Waals surface area contributed by atoms with Crippen molar-refractivity contribution in [1.29, 1.82) is 0 Å². The van der Waals surface area contributed by atoms with Crippen molar-refractivity contribution in [2.24, 2.45) is 18.0 Å². The first-order valence-corrected chi connectivity index (χ1v) is 9.49. The van der Waals surface area contributed by atoms with Gasteiger partial charge in [0.25, 0.3) is 0 Å². The third-order valence-electron chi connectivity index (χ3n) is 4.31. The Hall–Kier alpha value is -1.69. The van der Waals surface area contributed by atoms with Gasteiger partial charge in [-0.2, -0.15) is 5.10 Å².